The molecule has 10 N–H and O–H groups in total. The highest BCUT2D eigenvalue weighted by Crippen LogP contribution is 2.45. The Balaban J connectivity index is 1.63. The van der Waals surface area contributed by atoms with Gasteiger partial charge in [-0.1, -0.05) is 12.2 Å². The maximum Gasteiger partial charge on any atom is 0.234 e. The third kappa shape index (κ3) is 7.68. The number of aromatic hydroxyl groups is 2. The molecule has 2 aromatic rings. The lowest BCUT2D eigenvalue weighted by Crippen LogP contribution is -2.69. The molecule has 0 aliphatic carbocycles. The Morgan fingerprint density at radius 3 is 1.70 bits per heavy atom. The first-order chi connectivity index (χ1) is 25.1. The van der Waals surface area contributed by atoms with Gasteiger partial charge in [0.25, 0.3) is 0 Å². The van der Waals surface area contributed by atoms with E-state index in [-0.39, 0.29) is 45.6 Å². The molecule has 2 aliphatic heterocycles. The molecular formula is C34H42O19. The first-order valence-corrected chi connectivity index (χ1v) is 15.8. The van der Waals surface area contributed by atoms with Crippen LogP contribution in [0.3, 0.4) is 0 Å². The number of ether oxygens (including phenoxy) is 7. The van der Waals surface area contributed by atoms with E-state index < -0.39 is 85.2 Å². The molecule has 2 aromatic carbocycles. The lowest BCUT2D eigenvalue weighted by atomic mass is 9.83. The molecule has 10 atom stereocenters. The largest absolute Gasteiger partial charge is 0.502 e. The fraction of sp³-hybridized carbons (Fsp3) is 0.471. The second-order valence-electron chi connectivity index (χ2n) is 11.9. The Bertz CT molecular complexity index is 1640. The van der Waals surface area contributed by atoms with Crippen LogP contribution in [0.25, 0.3) is 12.2 Å². The van der Waals surface area contributed by atoms with E-state index in [1.807, 2.05) is 0 Å². The maximum absolute atomic E-state index is 13.7. The van der Waals surface area contributed by atoms with Crippen LogP contribution in [0.2, 0.25) is 0 Å². The highest BCUT2D eigenvalue weighted by Gasteiger charge is 2.71. The van der Waals surface area contributed by atoms with Crippen LogP contribution in [0, 0.1) is 0 Å². The zero-order chi connectivity index (χ0) is 39.4. The van der Waals surface area contributed by atoms with Crippen molar-refractivity contribution in [3.8, 4) is 34.5 Å². The van der Waals surface area contributed by atoms with Crippen molar-refractivity contribution < 1.29 is 93.8 Å². The summed E-state index contributed by atoms with van der Waals surface area (Å²) in [7, 11) is 5.06. The summed E-state index contributed by atoms with van der Waals surface area (Å²) < 4.78 is 36.8. The molecule has 0 spiro atoms. The van der Waals surface area contributed by atoms with Crippen LogP contribution < -0.4 is 18.9 Å². The van der Waals surface area contributed by atoms with Crippen LogP contribution in [0.5, 0.6) is 34.5 Å². The Labute approximate surface area is 301 Å². The second kappa shape index (κ2) is 16.7. The van der Waals surface area contributed by atoms with Gasteiger partial charge in [-0.25, -0.2) is 0 Å². The second-order valence-corrected chi connectivity index (χ2v) is 11.9. The van der Waals surface area contributed by atoms with Crippen molar-refractivity contribution in [3.05, 3.63) is 47.5 Å². The van der Waals surface area contributed by atoms with Gasteiger partial charge in [-0.3, -0.25) is 9.59 Å². The van der Waals surface area contributed by atoms with Crippen LogP contribution in [0.15, 0.2) is 36.4 Å². The van der Waals surface area contributed by atoms with Crippen LogP contribution in [0.1, 0.15) is 11.1 Å². The number of benzene rings is 2. The molecular weight excluding hydrogens is 712 g/mol. The van der Waals surface area contributed by atoms with Crippen molar-refractivity contribution in [1.82, 2.24) is 0 Å². The van der Waals surface area contributed by atoms with E-state index >= 15 is 0 Å². The van der Waals surface area contributed by atoms with Crippen molar-refractivity contribution in [1.29, 1.82) is 0 Å². The van der Waals surface area contributed by atoms with Gasteiger partial charge in [0.05, 0.1) is 35.0 Å². The summed E-state index contributed by atoms with van der Waals surface area (Å²) in [5, 5.41) is 107. The highest BCUT2D eigenvalue weighted by molar-refractivity contribution is 6.02. The molecule has 0 bridgehead atoms. The summed E-state index contributed by atoms with van der Waals surface area (Å²) in [6.07, 6.45) is -13.4. The first-order valence-electron chi connectivity index (χ1n) is 15.8. The number of methoxy groups -OCH3 is 4. The average Bonchev–Trinajstić information content (AvgIpc) is 3.38. The van der Waals surface area contributed by atoms with Gasteiger partial charge >= 0.3 is 0 Å². The molecule has 2 heterocycles. The van der Waals surface area contributed by atoms with Gasteiger partial charge in [0.1, 0.15) is 49.3 Å². The SMILES string of the molecule is COc1cc(C=CC(=O)C(O)[C@H]2OC(OC3(CO)O[C@H](CO)[C@@H](O)[C@@]3(O)C(=O)C=Cc3cc(OC)c(O)c(OC)c3)[C@H](O)[C@@H](O)[C@@H]2O)cc(OC)c1O. The molecule has 53 heavy (non-hydrogen) atoms. The average molecular weight is 755 g/mol. The number of phenols is 2. The fourth-order valence-corrected chi connectivity index (χ4v) is 5.85. The number of ketones is 2. The maximum atomic E-state index is 13.7. The number of hydrogen-bond acceptors (Lipinski definition) is 19. The summed E-state index contributed by atoms with van der Waals surface area (Å²) in [5.41, 5.74) is -2.83. The quantitative estimate of drug-likeness (QED) is 0.0831. The monoisotopic (exact) mass is 754 g/mol. The first kappa shape index (κ1) is 41.4. The number of aliphatic hydroxyl groups excluding tert-OH is 7. The molecule has 3 unspecified atom stereocenters. The number of aliphatic hydroxyl groups is 8. The summed E-state index contributed by atoms with van der Waals surface area (Å²) >= 11 is 0. The normalized spacial score (nSPS) is 30.8. The third-order valence-corrected chi connectivity index (χ3v) is 8.85. The highest BCUT2D eigenvalue weighted by atomic mass is 16.8. The number of phenolic OH excluding ortho intramolecular Hbond substituents is 2. The van der Waals surface area contributed by atoms with Crippen molar-refractivity contribution in [3.63, 3.8) is 0 Å². The molecule has 19 nitrogen and oxygen atoms in total. The summed E-state index contributed by atoms with van der Waals surface area (Å²) in [5.74, 6) is -6.33. The van der Waals surface area contributed by atoms with E-state index in [4.69, 9.17) is 33.2 Å². The predicted octanol–water partition coefficient (Wildman–Crippen LogP) is -2.65. The Hall–Kier alpha value is -4.38. The number of carbonyl (C=O) groups is 2. The lowest BCUT2D eigenvalue weighted by Gasteiger charge is -2.46. The zero-order valence-corrected chi connectivity index (χ0v) is 28.8. The van der Waals surface area contributed by atoms with Gasteiger partial charge in [0, 0.05) is 0 Å². The molecule has 0 amide bonds. The smallest absolute Gasteiger partial charge is 0.234 e. The summed E-state index contributed by atoms with van der Waals surface area (Å²) in [4.78, 5) is 26.7. The van der Waals surface area contributed by atoms with E-state index in [1.54, 1.807) is 0 Å². The minimum atomic E-state index is -3.28. The Kier molecular flexibility index (Phi) is 13.1. The van der Waals surface area contributed by atoms with Gasteiger partial charge in [-0.15, -0.1) is 0 Å². The molecule has 2 fully saturated rings. The summed E-state index contributed by atoms with van der Waals surface area (Å²) in [6, 6.07) is 5.26. The van der Waals surface area contributed by atoms with Crippen LogP contribution in [-0.2, 0) is 23.8 Å². The molecule has 0 aromatic heterocycles. The van der Waals surface area contributed by atoms with E-state index in [0.29, 0.717) is 0 Å². The Morgan fingerprint density at radius 1 is 0.792 bits per heavy atom. The van der Waals surface area contributed by atoms with E-state index in [0.717, 1.165) is 18.2 Å². The van der Waals surface area contributed by atoms with E-state index in [9.17, 15) is 60.7 Å². The third-order valence-electron chi connectivity index (χ3n) is 8.85. The van der Waals surface area contributed by atoms with Gasteiger partial charge in [0.15, 0.2) is 40.9 Å². The Morgan fingerprint density at radius 2 is 1.26 bits per heavy atom. The zero-order valence-electron chi connectivity index (χ0n) is 28.8. The van der Waals surface area contributed by atoms with Crippen molar-refractivity contribution in [2.45, 2.75) is 60.4 Å². The number of hydrogen-bond donors (Lipinski definition) is 10. The fourth-order valence-electron chi connectivity index (χ4n) is 5.85. The minimum absolute atomic E-state index is 0.00428. The summed E-state index contributed by atoms with van der Waals surface area (Å²) in [6.45, 7) is -2.49. The number of rotatable bonds is 15. The molecule has 4 rings (SSSR count). The number of carbonyl (C=O) groups excluding carboxylic acids is 2. The van der Waals surface area contributed by atoms with E-state index in [1.165, 1.54) is 58.8 Å². The van der Waals surface area contributed by atoms with Gasteiger partial charge < -0.3 is 84.2 Å². The van der Waals surface area contributed by atoms with Crippen LogP contribution in [0.4, 0.5) is 0 Å². The predicted molar refractivity (Wildman–Crippen MR) is 177 cm³/mol. The van der Waals surface area contributed by atoms with Crippen molar-refractivity contribution in [2.24, 2.45) is 0 Å². The van der Waals surface area contributed by atoms with Gasteiger partial charge in [-0.05, 0) is 47.5 Å². The lowest BCUT2D eigenvalue weighted by molar-refractivity contribution is -0.394. The van der Waals surface area contributed by atoms with Crippen molar-refractivity contribution in [2.75, 3.05) is 41.7 Å². The standard InChI is InChI=1S/C34H42O19/c1-47-18-9-15(10-19(48-2)25(18)40)5-7-17(37)24(39)30-28(43)27(42)29(44)32(51-30)53-33(14-36)34(46,31(45)22(13-35)52-33)23(38)8-6-16-11-20(49-3)26(41)21(12-16)50-4/h5-12,22,24,27-32,35-36,39-46H,13-14H2,1-4H3/t22-,24?,27+,28+,29-,30-,31-,32?,33?,34+/m1/s1. The molecule has 2 saturated heterocycles. The molecule has 0 radical (unpaired) electrons. The van der Waals surface area contributed by atoms with E-state index in [2.05, 4.69) is 0 Å². The molecule has 0 saturated carbocycles. The topological polar surface area (TPSA) is 301 Å². The van der Waals surface area contributed by atoms with Crippen LogP contribution >= 0.6 is 0 Å². The van der Waals surface area contributed by atoms with Crippen molar-refractivity contribution >= 4 is 23.7 Å². The van der Waals surface area contributed by atoms with Crippen LogP contribution in [-0.4, -0.2) is 165 Å². The molecule has 19 heteroatoms. The molecule has 2 aliphatic rings. The van der Waals surface area contributed by atoms with Gasteiger partial charge in [-0.2, -0.15) is 0 Å². The molecule has 292 valence electrons. The minimum Gasteiger partial charge on any atom is -0.502 e. The van der Waals surface area contributed by atoms with Gasteiger partial charge in [0.2, 0.25) is 22.9 Å².